The second-order valence-corrected chi connectivity index (χ2v) is 7.46. The molecule has 0 aliphatic carbocycles. The maximum absolute atomic E-state index is 12.8. The lowest BCUT2D eigenvalue weighted by atomic mass is 10.1. The number of carbonyl (C=O) groups excluding carboxylic acids is 1. The summed E-state index contributed by atoms with van der Waals surface area (Å²) in [5.41, 5.74) is 3.06. The molecule has 2 aromatic rings. The Morgan fingerprint density at radius 2 is 1.71 bits per heavy atom. The van der Waals surface area contributed by atoms with Crippen LogP contribution in [0.2, 0.25) is 0 Å². The number of hydrogen-bond donors (Lipinski definition) is 1. The van der Waals surface area contributed by atoms with Crippen molar-refractivity contribution in [3.05, 3.63) is 59.3 Å². The molecule has 1 aromatic carbocycles. The Bertz CT molecular complexity index is 781. The number of nitrogens with zero attached hydrogens (tertiary/aromatic N) is 3. The van der Waals surface area contributed by atoms with Gasteiger partial charge in [-0.25, -0.2) is 4.98 Å². The fraction of sp³-hybridized carbons (Fsp3) is 0.455. The number of benzene rings is 1. The first-order chi connectivity index (χ1) is 13.8. The van der Waals surface area contributed by atoms with E-state index in [1.54, 1.807) is 6.20 Å². The highest BCUT2D eigenvalue weighted by atomic mass is 16.5. The number of carbonyl (C=O) groups is 1. The Hall–Kier alpha value is -2.44. The second kappa shape index (κ2) is 9.17. The van der Waals surface area contributed by atoms with Gasteiger partial charge in [0.1, 0.15) is 5.82 Å². The summed E-state index contributed by atoms with van der Waals surface area (Å²) < 4.78 is 5.41. The number of likely N-dealkylation sites (tertiary alicyclic amines) is 1. The van der Waals surface area contributed by atoms with Crippen molar-refractivity contribution in [3.63, 3.8) is 0 Å². The summed E-state index contributed by atoms with van der Waals surface area (Å²) in [4.78, 5) is 21.8. The van der Waals surface area contributed by atoms with Crippen molar-refractivity contribution in [1.29, 1.82) is 0 Å². The largest absolute Gasteiger partial charge is 0.378 e. The molecule has 2 fully saturated rings. The molecular weight excluding hydrogens is 352 g/mol. The molecule has 6 heteroatoms. The number of morpholine rings is 1. The first kappa shape index (κ1) is 18.9. The van der Waals surface area contributed by atoms with Crippen LogP contribution in [0, 0.1) is 0 Å². The van der Waals surface area contributed by atoms with Gasteiger partial charge in [-0.05, 0) is 49.2 Å². The van der Waals surface area contributed by atoms with Crippen LogP contribution >= 0.6 is 0 Å². The summed E-state index contributed by atoms with van der Waals surface area (Å²) in [6.45, 7) is 6.79. The van der Waals surface area contributed by atoms with Crippen molar-refractivity contribution in [2.45, 2.75) is 25.9 Å². The van der Waals surface area contributed by atoms with E-state index in [0.717, 1.165) is 31.0 Å². The maximum atomic E-state index is 12.8. The van der Waals surface area contributed by atoms with Crippen LogP contribution in [-0.2, 0) is 17.8 Å². The van der Waals surface area contributed by atoms with Crippen molar-refractivity contribution >= 4 is 11.7 Å². The number of ether oxygens (including phenoxy) is 1. The first-order valence-corrected chi connectivity index (χ1v) is 10.2. The summed E-state index contributed by atoms with van der Waals surface area (Å²) in [6.07, 6.45) is 4.36. The number of anilines is 1. The van der Waals surface area contributed by atoms with Crippen molar-refractivity contribution in [2.75, 3.05) is 44.3 Å². The Kier molecular flexibility index (Phi) is 6.19. The third-order valence-corrected chi connectivity index (χ3v) is 5.42. The van der Waals surface area contributed by atoms with Crippen LogP contribution in [0.15, 0.2) is 42.6 Å². The zero-order valence-corrected chi connectivity index (χ0v) is 16.3. The monoisotopic (exact) mass is 380 g/mol. The average molecular weight is 380 g/mol. The molecule has 0 radical (unpaired) electrons. The molecule has 1 amide bonds. The molecule has 28 heavy (non-hydrogen) atoms. The standard InChI is InChI=1S/C22H28N4O2/c27-22(20-4-3-9-23-21(20)26-12-14-28-15-13-26)24-16-18-5-7-19(8-6-18)17-25-10-1-2-11-25/h3-9H,1-2,10-17H2,(H,24,27). The van der Waals surface area contributed by atoms with E-state index in [9.17, 15) is 4.79 Å². The van der Waals surface area contributed by atoms with Crippen molar-refractivity contribution < 1.29 is 9.53 Å². The van der Waals surface area contributed by atoms with Gasteiger partial charge in [-0.1, -0.05) is 24.3 Å². The van der Waals surface area contributed by atoms with E-state index in [-0.39, 0.29) is 5.91 Å². The zero-order valence-electron chi connectivity index (χ0n) is 16.3. The van der Waals surface area contributed by atoms with Gasteiger partial charge >= 0.3 is 0 Å². The fourth-order valence-electron chi connectivity index (χ4n) is 3.84. The molecule has 1 aromatic heterocycles. The molecule has 1 N–H and O–H groups in total. The summed E-state index contributed by atoms with van der Waals surface area (Å²) in [5, 5.41) is 3.04. The molecule has 2 saturated heterocycles. The van der Waals surface area contributed by atoms with Gasteiger partial charge in [-0.2, -0.15) is 0 Å². The number of amides is 1. The molecule has 4 rings (SSSR count). The molecule has 148 valence electrons. The minimum Gasteiger partial charge on any atom is -0.378 e. The van der Waals surface area contributed by atoms with Crippen molar-refractivity contribution in [3.8, 4) is 0 Å². The highest BCUT2D eigenvalue weighted by molar-refractivity contribution is 5.98. The molecule has 0 bridgehead atoms. The molecular formula is C22H28N4O2. The number of nitrogens with one attached hydrogen (secondary N) is 1. The number of hydrogen-bond acceptors (Lipinski definition) is 5. The van der Waals surface area contributed by atoms with Gasteiger partial charge in [-0.3, -0.25) is 9.69 Å². The van der Waals surface area contributed by atoms with Gasteiger partial charge in [0.05, 0.1) is 18.8 Å². The second-order valence-electron chi connectivity index (χ2n) is 7.46. The molecule has 2 aliphatic rings. The lowest BCUT2D eigenvalue weighted by Crippen LogP contribution is -2.38. The SMILES string of the molecule is O=C(NCc1ccc(CN2CCCC2)cc1)c1cccnc1N1CCOCC1. The minimum atomic E-state index is -0.0873. The Labute approximate surface area is 166 Å². The minimum absolute atomic E-state index is 0.0873. The van der Waals surface area contributed by atoms with Gasteiger partial charge in [0.25, 0.3) is 5.91 Å². The van der Waals surface area contributed by atoms with Crippen molar-refractivity contribution in [2.24, 2.45) is 0 Å². The number of rotatable bonds is 6. The van der Waals surface area contributed by atoms with E-state index >= 15 is 0 Å². The molecule has 0 atom stereocenters. The average Bonchev–Trinajstić information content (AvgIpc) is 3.27. The van der Waals surface area contributed by atoms with Gasteiger partial charge in [0.15, 0.2) is 0 Å². The van der Waals surface area contributed by atoms with E-state index in [0.29, 0.717) is 25.3 Å². The van der Waals surface area contributed by atoms with E-state index in [2.05, 4.69) is 44.4 Å². The van der Waals surface area contributed by atoms with Crippen LogP contribution in [0.5, 0.6) is 0 Å². The quantitative estimate of drug-likeness (QED) is 0.834. The molecule has 0 unspecified atom stereocenters. The summed E-state index contributed by atoms with van der Waals surface area (Å²) in [7, 11) is 0. The van der Waals surface area contributed by atoms with E-state index in [1.165, 1.54) is 31.5 Å². The lowest BCUT2D eigenvalue weighted by molar-refractivity contribution is 0.0949. The van der Waals surface area contributed by atoms with Crippen LogP contribution in [0.3, 0.4) is 0 Å². The maximum Gasteiger partial charge on any atom is 0.255 e. The van der Waals surface area contributed by atoms with E-state index in [4.69, 9.17) is 4.74 Å². The summed E-state index contributed by atoms with van der Waals surface area (Å²) in [6, 6.07) is 12.2. The van der Waals surface area contributed by atoms with E-state index < -0.39 is 0 Å². The predicted octanol–water partition coefficient (Wildman–Crippen LogP) is 2.44. The normalized spacial score (nSPS) is 17.6. The van der Waals surface area contributed by atoms with Gasteiger partial charge in [-0.15, -0.1) is 0 Å². The van der Waals surface area contributed by atoms with Gasteiger partial charge < -0.3 is 15.0 Å². The molecule has 6 nitrogen and oxygen atoms in total. The Balaban J connectivity index is 1.35. The summed E-state index contributed by atoms with van der Waals surface area (Å²) >= 11 is 0. The van der Waals surface area contributed by atoms with Crippen LogP contribution in [0.1, 0.15) is 34.3 Å². The molecule has 2 aliphatic heterocycles. The smallest absolute Gasteiger partial charge is 0.255 e. The highest BCUT2D eigenvalue weighted by Gasteiger charge is 2.19. The van der Waals surface area contributed by atoms with Gasteiger partial charge in [0.2, 0.25) is 0 Å². The first-order valence-electron chi connectivity index (χ1n) is 10.2. The molecule has 3 heterocycles. The van der Waals surface area contributed by atoms with Crippen LogP contribution in [0.4, 0.5) is 5.82 Å². The third kappa shape index (κ3) is 4.69. The fourth-order valence-corrected chi connectivity index (χ4v) is 3.84. The highest BCUT2D eigenvalue weighted by Crippen LogP contribution is 2.19. The topological polar surface area (TPSA) is 57.7 Å². The van der Waals surface area contributed by atoms with Crippen LogP contribution in [-0.4, -0.2) is 55.2 Å². The zero-order chi connectivity index (χ0) is 19.2. The predicted molar refractivity (Wildman–Crippen MR) is 109 cm³/mol. The number of aromatic nitrogens is 1. The Morgan fingerprint density at radius 1 is 1.00 bits per heavy atom. The Morgan fingerprint density at radius 3 is 2.46 bits per heavy atom. The van der Waals surface area contributed by atoms with Crippen molar-refractivity contribution in [1.82, 2.24) is 15.2 Å². The van der Waals surface area contributed by atoms with Gasteiger partial charge in [0, 0.05) is 32.4 Å². The molecule has 0 saturated carbocycles. The lowest BCUT2D eigenvalue weighted by Gasteiger charge is -2.29. The van der Waals surface area contributed by atoms with Crippen LogP contribution in [0.25, 0.3) is 0 Å². The number of pyridine rings is 1. The van der Waals surface area contributed by atoms with E-state index in [1.807, 2.05) is 12.1 Å². The van der Waals surface area contributed by atoms with Crippen LogP contribution < -0.4 is 10.2 Å². The third-order valence-electron chi connectivity index (χ3n) is 5.42. The molecule has 0 spiro atoms. The summed E-state index contributed by atoms with van der Waals surface area (Å²) in [5.74, 6) is 0.653.